The molecule has 1 rings (SSSR count). The highest BCUT2D eigenvalue weighted by Crippen LogP contribution is 2.05. The zero-order chi connectivity index (χ0) is 10.4. The zero-order valence-electron chi connectivity index (χ0n) is 8.75. The van der Waals surface area contributed by atoms with Crippen molar-refractivity contribution in [3.63, 3.8) is 0 Å². The highest BCUT2D eigenvalue weighted by atomic mass is 16.2. The zero-order valence-corrected chi connectivity index (χ0v) is 8.75. The highest BCUT2D eigenvalue weighted by Gasteiger charge is 2.22. The average molecular weight is 200 g/mol. The second-order valence-corrected chi connectivity index (χ2v) is 3.92. The second kappa shape index (κ2) is 5.98. The first-order valence-electron chi connectivity index (χ1n) is 5.38. The fourth-order valence-corrected chi connectivity index (χ4v) is 1.72. The summed E-state index contributed by atoms with van der Waals surface area (Å²) < 4.78 is 0. The van der Waals surface area contributed by atoms with Crippen LogP contribution in [0.5, 0.6) is 0 Å². The number of nitrogens with one attached hydrogen (secondary N) is 2. The van der Waals surface area contributed by atoms with E-state index in [2.05, 4.69) is 10.6 Å². The van der Waals surface area contributed by atoms with Crippen LogP contribution in [-0.2, 0) is 4.79 Å². The molecule has 0 aliphatic carbocycles. The van der Waals surface area contributed by atoms with Gasteiger partial charge in [-0.15, -0.1) is 0 Å². The highest BCUT2D eigenvalue weighted by molar-refractivity contribution is 5.82. The summed E-state index contributed by atoms with van der Waals surface area (Å²) in [7, 11) is 0. The average Bonchev–Trinajstić information content (AvgIpc) is 2.67. The number of amides is 1. The Hall–Kier alpha value is -0.610. The molecule has 0 bridgehead atoms. The number of hydrogen-bond donors (Lipinski definition) is 3. The molecule has 1 heterocycles. The molecule has 82 valence electrons. The van der Waals surface area contributed by atoms with Crippen LogP contribution in [0.4, 0.5) is 0 Å². The minimum atomic E-state index is 0.00609. The van der Waals surface area contributed by atoms with Crippen molar-refractivity contribution in [3.8, 4) is 0 Å². The van der Waals surface area contributed by atoms with E-state index in [-0.39, 0.29) is 24.6 Å². The number of rotatable bonds is 5. The van der Waals surface area contributed by atoms with Crippen LogP contribution in [0.3, 0.4) is 0 Å². The van der Waals surface area contributed by atoms with Gasteiger partial charge in [0.2, 0.25) is 5.91 Å². The van der Waals surface area contributed by atoms with Gasteiger partial charge < -0.3 is 15.7 Å². The number of aliphatic hydroxyl groups excluding tert-OH is 1. The number of hydrogen-bond acceptors (Lipinski definition) is 3. The Balaban J connectivity index is 2.18. The van der Waals surface area contributed by atoms with Crippen molar-refractivity contribution in [1.29, 1.82) is 0 Å². The molecule has 14 heavy (non-hydrogen) atoms. The lowest BCUT2D eigenvalue weighted by Gasteiger charge is -2.16. The molecule has 1 amide bonds. The minimum Gasteiger partial charge on any atom is -0.396 e. The molecule has 1 aliphatic rings. The SMILES string of the molecule is CC(CCCO)NC(=O)C1CCCN1. The van der Waals surface area contributed by atoms with E-state index >= 15 is 0 Å². The summed E-state index contributed by atoms with van der Waals surface area (Å²) in [5.41, 5.74) is 0. The molecule has 3 N–H and O–H groups in total. The third kappa shape index (κ3) is 3.64. The predicted molar refractivity (Wildman–Crippen MR) is 54.9 cm³/mol. The Labute approximate surface area is 85.1 Å². The lowest BCUT2D eigenvalue weighted by molar-refractivity contribution is -0.123. The molecule has 1 fully saturated rings. The summed E-state index contributed by atoms with van der Waals surface area (Å²) >= 11 is 0. The lowest BCUT2D eigenvalue weighted by atomic mass is 10.1. The summed E-state index contributed by atoms with van der Waals surface area (Å²) in [6.45, 7) is 3.12. The fourth-order valence-electron chi connectivity index (χ4n) is 1.72. The van der Waals surface area contributed by atoms with E-state index in [4.69, 9.17) is 5.11 Å². The van der Waals surface area contributed by atoms with Crippen molar-refractivity contribution in [2.75, 3.05) is 13.2 Å². The summed E-state index contributed by atoms with van der Waals surface area (Å²) in [4.78, 5) is 11.6. The minimum absolute atomic E-state index is 0.00609. The van der Waals surface area contributed by atoms with Crippen LogP contribution in [0.1, 0.15) is 32.6 Å². The van der Waals surface area contributed by atoms with Crippen LogP contribution in [0.2, 0.25) is 0 Å². The van der Waals surface area contributed by atoms with Crippen molar-refractivity contribution >= 4 is 5.91 Å². The molecule has 0 aromatic heterocycles. The van der Waals surface area contributed by atoms with E-state index in [1.165, 1.54) is 0 Å². The molecule has 0 spiro atoms. The van der Waals surface area contributed by atoms with E-state index in [0.717, 1.165) is 32.2 Å². The molecular weight excluding hydrogens is 180 g/mol. The maximum absolute atomic E-state index is 11.6. The summed E-state index contributed by atoms with van der Waals surface area (Å²) in [5, 5.41) is 14.7. The van der Waals surface area contributed by atoms with E-state index in [1.54, 1.807) is 0 Å². The van der Waals surface area contributed by atoms with Crippen LogP contribution >= 0.6 is 0 Å². The summed E-state index contributed by atoms with van der Waals surface area (Å²) in [5.74, 6) is 0.105. The standard InChI is InChI=1S/C10H20N2O2/c1-8(4-3-7-13)12-10(14)9-5-2-6-11-9/h8-9,11,13H,2-7H2,1H3,(H,12,14). The van der Waals surface area contributed by atoms with Gasteiger partial charge in [0.15, 0.2) is 0 Å². The van der Waals surface area contributed by atoms with E-state index < -0.39 is 0 Å². The van der Waals surface area contributed by atoms with Crippen molar-refractivity contribution in [2.45, 2.75) is 44.7 Å². The Bertz CT molecular complexity index is 179. The van der Waals surface area contributed by atoms with Gasteiger partial charge in [0.05, 0.1) is 6.04 Å². The van der Waals surface area contributed by atoms with Crippen molar-refractivity contribution in [2.24, 2.45) is 0 Å². The largest absolute Gasteiger partial charge is 0.396 e. The molecule has 0 saturated carbocycles. The van der Waals surface area contributed by atoms with Crippen LogP contribution < -0.4 is 10.6 Å². The Morgan fingerprint density at radius 2 is 2.50 bits per heavy atom. The van der Waals surface area contributed by atoms with Crippen LogP contribution in [0.25, 0.3) is 0 Å². The molecular formula is C10H20N2O2. The van der Waals surface area contributed by atoms with Gasteiger partial charge in [-0.1, -0.05) is 0 Å². The molecule has 0 radical (unpaired) electrons. The molecule has 0 aromatic rings. The first-order valence-corrected chi connectivity index (χ1v) is 5.38. The van der Waals surface area contributed by atoms with Gasteiger partial charge in [-0.25, -0.2) is 0 Å². The maximum Gasteiger partial charge on any atom is 0.237 e. The van der Waals surface area contributed by atoms with Gasteiger partial charge in [-0.2, -0.15) is 0 Å². The van der Waals surface area contributed by atoms with Crippen molar-refractivity contribution < 1.29 is 9.90 Å². The second-order valence-electron chi connectivity index (χ2n) is 3.92. The molecule has 2 atom stereocenters. The van der Waals surface area contributed by atoms with Gasteiger partial charge in [0.1, 0.15) is 0 Å². The third-order valence-corrected chi connectivity index (χ3v) is 2.56. The molecule has 4 heteroatoms. The maximum atomic E-state index is 11.6. The normalized spacial score (nSPS) is 23.4. The molecule has 0 aromatic carbocycles. The van der Waals surface area contributed by atoms with E-state index in [1.807, 2.05) is 6.92 Å². The molecule has 4 nitrogen and oxygen atoms in total. The van der Waals surface area contributed by atoms with Gasteiger partial charge in [-0.3, -0.25) is 4.79 Å². The Morgan fingerprint density at radius 3 is 3.07 bits per heavy atom. The topological polar surface area (TPSA) is 61.4 Å². The van der Waals surface area contributed by atoms with Gasteiger partial charge in [0.25, 0.3) is 0 Å². The van der Waals surface area contributed by atoms with Crippen molar-refractivity contribution in [1.82, 2.24) is 10.6 Å². The third-order valence-electron chi connectivity index (χ3n) is 2.56. The summed E-state index contributed by atoms with van der Waals surface area (Å²) in [6.07, 6.45) is 3.62. The van der Waals surface area contributed by atoms with Crippen LogP contribution in [0, 0.1) is 0 Å². The number of aliphatic hydroxyl groups is 1. The molecule has 1 saturated heterocycles. The number of carbonyl (C=O) groups is 1. The van der Waals surface area contributed by atoms with Crippen molar-refractivity contribution in [3.05, 3.63) is 0 Å². The quantitative estimate of drug-likeness (QED) is 0.586. The van der Waals surface area contributed by atoms with E-state index in [0.29, 0.717) is 0 Å². The van der Waals surface area contributed by atoms with Crippen LogP contribution in [-0.4, -0.2) is 36.2 Å². The Morgan fingerprint density at radius 1 is 1.71 bits per heavy atom. The fraction of sp³-hybridized carbons (Fsp3) is 0.900. The summed E-state index contributed by atoms with van der Waals surface area (Å²) in [6, 6.07) is 0.170. The predicted octanol–water partition coefficient (Wildman–Crippen LogP) is 0.0156. The Kier molecular flexibility index (Phi) is 4.90. The lowest BCUT2D eigenvalue weighted by Crippen LogP contribution is -2.44. The first-order chi connectivity index (χ1) is 6.74. The van der Waals surface area contributed by atoms with Gasteiger partial charge >= 0.3 is 0 Å². The monoisotopic (exact) mass is 200 g/mol. The van der Waals surface area contributed by atoms with Gasteiger partial charge in [-0.05, 0) is 39.2 Å². The van der Waals surface area contributed by atoms with Crippen LogP contribution in [0.15, 0.2) is 0 Å². The smallest absolute Gasteiger partial charge is 0.237 e. The van der Waals surface area contributed by atoms with Gasteiger partial charge in [0, 0.05) is 12.6 Å². The first kappa shape index (κ1) is 11.5. The van der Waals surface area contributed by atoms with E-state index in [9.17, 15) is 4.79 Å². The molecule has 1 aliphatic heterocycles. The molecule has 2 unspecified atom stereocenters. The number of carbonyl (C=O) groups excluding carboxylic acids is 1.